The summed E-state index contributed by atoms with van der Waals surface area (Å²) in [5.41, 5.74) is 1.54. The molecule has 1 heterocycles. The van der Waals surface area contributed by atoms with Crippen molar-refractivity contribution in [3.05, 3.63) is 57.8 Å². The van der Waals surface area contributed by atoms with Crippen LogP contribution in [0, 0.1) is 0 Å². The minimum absolute atomic E-state index is 0.000315. The highest BCUT2D eigenvalue weighted by Gasteiger charge is 2.23. The number of aliphatic hydroxyl groups is 1. The predicted octanol–water partition coefficient (Wildman–Crippen LogP) is 3.15. The quantitative estimate of drug-likeness (QED) is 0.833. The molecule has 0 fully saturated rings. The molecule has 1 amide bonds. The lowest BCUT2D eigenvalue weighted by atomic mass is 10.0. The maximum Gasteiger partial charge on any atom is 0.264 e. The van der Waals surface area contributed by atoms with Gasteiger partial charge in [-0.1, -0.05) is 30.3 Å². The van der Waals surface area contributed by atoms with E-state index in [0.29, 0.717) is 16.9 Å². The number of carbonyl (C=O) groups excluding carboxylic acids is 2. The third kappa shape index (κ3) is 3.61. The van der Waals surface area contributed by atoms with E-state index in [1.165, 1.54) is 18.3 Å². The van der Waals surface area contributed by atoms with Crippen molar-refractivity contribution in [2.75, 3.05) is 13.7 Å². The molecule has 22 heavy (non-hydrogen) atoms. The third-order valence-corrected chi connectivity index (χ3v) is 4.51. The Morgan fingerprint density at radius 2 is 1.95 bits per heavy atom. The summed E-state index contributed by atoms with van der Waals surface area (Å²) in [6.45, 7) is 1.48. The molecular weight excluding hydrogens is 298 g/mol. The number of ketones is 1. The Morgan fingerprint density at radius 1 is 1.27 bits per heavy atom. The molecule has 1 N–H and O–H groups in total. The fourth-order valence-corrected chi connectivity index (χ4v) is 3.26. The number of hydrogen-bond donors (Lipinski definition) is 1. The summed E-state index contributed by atoms with van der Waals surface area (Å²) in [6, 6.07) is 11.1. The first kappa shape index (κ1) is 16.4. The van der Waals surface area contributed by atoms with Crippen molar-refractivity contribution >= 4 is 23.0 Å². The van der Waals surface area contributed by atoms with Crippen LogP contribution in [0.25, 0.3) is 0 Å². The summed E-state index contributed by atoms with van der Waals surface area (Å²) >= 11 is 1.27. The van der Waals surface area contributed by atoms with Gasteiger partial charge in [-0.3, -0.25) is 9.59 Å². The topological polar surface area (TPSA) is 57.6 Å². The second-order valence-electron chi connectivity index (χ2n) is 5.11. The van der Waals surface area contributed by atoms with E-state index in [1.807, 2.05) is 30.3 Å². The van der Waals surface area contributed by atoms with E-state index in [0.717, 1.165) is 5.56 Å². The second kappa shape index (κ2) is 7.33. The normalized spacial score (nSPS) is 12.0. The molecular formula is C17H19NO3S. The van der Waals surface area contributed by atoms with Crippen molar-refractivity contribution in [1.82, 2.24) is 4.90 Å². The molecule has 4 nitrogen and oxygen atoms in total. The number of benzene rings is 1. The summed E-state index contributed by atoms with van der Waals surface area (Å²) in [4.78, 5) is 26.1. The summed E-state index contributed by atoms with van der Waals surface area (Å²) in [6.07, 6.45) is 0.469. The highest BCUT2D eigenvalue weighted by molar-refractivity contribution is 7.12. The van der Waals surface area contributed by atoms with Gasteiger partial charge in [0.15, 0.2) is 5.78 Å². The van der Waals surface area contributed by atoms with Gasteiger partial charge in [-0.2, -0.15) is 0 Å². The molecule has 0 radical (unpaired) electrons. The first-order chi connectivity index (χ1) is 10.5. The maximum atomic E-state index is 12.6. The minimum atomic E-state index is -0.193. The van der Waals surface area contributed by atoms with Gasteiger partial charge in [-0.15, -0.1) is 11.3 Å². The van der Waals surface area contributed by atoms with Gasteiger partial charge in [0.2, 0.25) is 0 Å². The van der Waals surface area contributed by atoms with Crippen LogP contribution in [0.4, 0.5) is 0 Å². The summed E-state index contributed by atoms with van der Waals surface area (Å²) in [5.74, 6) is -0.187. The molecule has 0 saturated heterocycles. The van der Waals surface area contributed by atoms with E-state index < -0.39 is 0 Å². The fraction of sp³-hybridized carbons (Fsp3) is 0.294. The van der Waals surface area contributed by atoms with Gasteiger partial charge in [0.25, 0.3) is 5.91 Å². The zero-order valence-electron chi connectivity index (χ0n) is 12.7. The molecule has 1 unspecified atom stereocenters. The molecule has 0 aliphatic carbocycles. The summed E-state index contributed by atoms with van der Waals surface area (Å²) in [7, 11) is 1.73. The lowest BCUT2D eigenvalue weighted by Gasteiger charge is -2.28. The number of hydrogen-bond acceptors (Lipinski definition) is 4. The van der Waals surface area contributed by atoms with Crippen molar-refractivity contribution in [2.24, 2.45) is 0 Å². The molecule has 1 aromatic carbocycles. The van der Waals surface area contributed by atoms with Crippen LogP contribution >= 0.6 is 11.3 Å². The summed E-state index contributed by atoms with van der Waals surface area (Å²) < 4.78 is 0. The molecule has 0 aliphatic heterocycles. The molecule has 1 aromatic heterocycles. The van der Waals surface area contributed by atoms with Crippen molar-refractivity contribution in [3.63, 3.8) is 0 Å². The maximum absolute atomic E-state index is 12.6. The van der Waals surface area contributed by atoms with Crippen LogP contribution in [-0.2, 0) is 0 Å². The number of carbonyl (C=O) groups is 2. The van der Waals surface area contributed by atoms with E-state index in [9.17, 15) is 14.7 Å². The molecule has 0 bridgehead atoms. The van der Waals surface area contributed by atoms with E-state index >= 15 is 0 Å². The van der Waals surface area contributed by atoms with E-state index in [-0.39, 0.29) is 24.3 Å². The van der Waals surface area contributed by atoms with Crippen molar-refractivity contribution in [1.29, 1.82) is 0 Å². The Bertz CT molecular complexity index is 651. The molecule has 116 valence electrons. The summed E-state index contributed by atoms with van der Waals surface area (Å²) in [5, 5.41) is 11.0. The van der Waals surface area contributed by atoms with Crippen molar-refractivity contribution < 1.29 is 14.7 Å². The second-order valence-corrected chi connectivity index (χ2v) is 6.02. The largest absolute Gasteiger partial charge is 0.396 e. The van der Waals surface area contributed by atoms with Crippen molar-refractivity contribution in [3.8, 4) is 0 Å². The molecule has 0 spiro atoms. The van der Waals surface area contributed by atoms with Crippen LogP contribution in [0.15, 0.2) is 41.8 Å². The lowest BCUT2D eigenvalue weighted by Crippen LogP contribution is -2.31. The zero-order valence-corrected chi connectivity index (χ0v) is 13.5. The zero-order chi connectivity index (χ0) is 16.1. The van der Waals surface area contributed by atoms with Crippen LogP contribution in [0.2, 0.25) is 0 Å². The number of thiophene rings is 1. The first-order valence-electron chi connectivity index (χ1n) is 7.07. The molecule has 0 saturated carbocycles. The molecule has 0 aliphatic rings. The Kier molecular flexibility index (Phi) is 5.46. The number of nitrogens with zero attached hydrogens (tertiary/aromatic N) is 1. The highest BCUT2D eigenvalue weighted by Crippen LogP contribution is 2.26. The molecule has 1 atom stereocenters. The number of Topliss-reactive ketones (excluding diaryl/α,β-unsaturated/α-hetero) is 1. The van der Waals surface area contributed by atoms with Gasteiger partial charge in [-0.25, -0.2) is 0 Å². The molecule has 2 rings (SSSR count). The van der Waals surface area contributed by atoms with Crippen LogP contribution < -0.4 is 0 Å². The third-order valence-electron chi connectivity index (χ3n) is 3.59. The first-order valence-corrected chi connectivity index (χ1v) is 7.95. The number of amides is 1. The van der Waals surface area contributed by atoms with E-state index in [1.54, 1.807) is 23.4 Å². The molecule has 2 aromatic rings. The highest BCUT2D eigenvalue weighted by atomic mass is 32.1. The SMILES string of the molecule is CC(=O)c1csc(C(=O)N(C)C(CCO)c2ccccc2)c1. The van der Waals surface area contributed by atoms with Crippen LogP contribution in [0.5, 0.6) is 0 Å². The number of rotatable bonds is 6. The Hall–Kier alpha value is -1.98. The van der Waals surface area contributed by atoms with Gasteiger partial charge in [-0.05, 0) is 25.0 Å². The van der Waals surface area contributed by atoms with Gasteiger partial charge in [0.1, 0.15) is 0 Å². The van der Waals surface area contributed by atoms with E-state index in [2.05, 4.69) is 0 Å². The Labute approximate surface area is 134 Å². The van der Waals surface area contributed by atoms with Gasteiger partial charge < -0.3 is 10.0 Å². The van der Waals surface area contributed by atoms with Crippen LogP contribution in [-0.4, -0.2) is 35.4 Å². The molecule has 5 heteroatoms. The Balaban J connectivity index is 2.24. The average Bonchev–Trinajstić information content (AvgIpc) is 3.02. The number of aliphatic hydroxyl groups excluding tert-OH is 1. The fourth-order valence-electron chi connectivity index (χ4n) is 2.33. The van der Waals surface area contributed by atoms with Gasteiger partial charge >= 0.3 is 0 Å². The van der Waals surface area contributed by atoms with Gasteiger partial charge in [0, 0.05) is 24.6 Å². The van der Waals surface area contributed by atoms with Gasteiger partial charge in [0.05, 0.1) is 10.9 Å². The average molecular weight is 317 g/mol. The standard InChI is InChI=1S/C17H19NO3S/c1-12(20)14-10-16(22-11-14)17(21)18(2)15(8-9-19)13-6-4-3-5-7-13/h3-7,10-11,15,19H,8-9H2,1-2H3. The smallest absolute Gasteiger partial charge is 0.264 e. The van der Waals surface area contributed by atoms with Crippen molar-refractivity contribution in [2.45, 2.75) is 19.4 Å². The van der Waals surface area contributed by atoms with E-state index in [4.69, 9.17) is 0 Å². The van der Waals surface area contributed by atoms with Crippen LogP contribution in [0.3, 0.4) is 0 Å². The monoisotopic (exact) mass is 317 g/mol. The van der Waals surface area contributed by atoms with Crippen LogP contribution in [0.1, 0.15) is 45.0 Å². The minimum Gasteiger partial charge on any atom is -0.396 e. The Morgan fingerprint density at radius 3 is 2.50 bits per heavy atom. The lowest BCUT2D eigenvalue weighted by molar-refractivity contribution is 0.0710. The predicted molar refractivity (Wildman–Crippen MR) is 87.3 cm³/mol.